The maximum Gasteiger partial charge on any atom is 0.267 e. The average Bonchev–Trinajstić information content (AvgIpc) is 3.10. The van der Waals surface area contributed by atoms with Crippen molar-refractivity contribution in [2.75, 3.05) is 46.5 Å². The highest BCUT2D eigenvalue weighted by molar-refractivity contribution is 7.14. The predicted octanol–water partition coefficient (Wildman–Crippen LogP) is 1.86. The van der Waals surface area contributed by atoms with Gasteiger partial charge in [-0.05, 0) is 18.9 Å². The van der Waals surface area contributed by atoms with Crippen molar-refractivity contribution in [1.29, 1.82) is 0 Å². The fourth-order valence-corrected chi connectivity index (χ4v) is 4.38. The van der Waals surface area contributed by atoms with Gasteiger partial charge in [0.25, 0.3) is 5.91 Å². The van der Waals surface area contributed by atoms with Crippen LogP contribution in [0.4, 0.5) is 0 Å². The molecule has 0 N–H and O–H groups in total. The summed E-state index contributed by atoms with van der Waals surface area (Å²) in [4.78, 5) is 19.1. The Bertz CT molecular complexity index is 539. The molecule has 22 heavy (non-hydrogen) atoms. The number of thiophene rings is 1. The van der Waals surface area contributed by atoms with Crippen LogP contribution in [-0.4, -0.2) is 68.3 Å². The number of likely N-dealkylation sites (tertiary alicyclic amines) is 1. The first-order valence-electron chi connectivity index (χ1n) is 7.85. The van der Waals surface area contributed by atoms with E-state index in [4.69, 9.17) is 9.47 Å². The van der Waals surface area contributed by atoms with Crippen LogP contribution in [0.25, 0.3) is 0 Å². The highest BCUT2D eigenvalue weighted by Gasteiger charge is 2.37. The summed E-state index contributed by atoms with van der Waals surface area (Å²) in [6, 6.07) is 2.39. The van der Waals surface area contributed by atoms with Gasteiger partial charge in [0.05, 0.1) is 20.3 Å². The molecule has 0 aromatic carbocycles. The summed E-state index contributed by atoms with van der Waals surface area (Å²) < 4.78 is 10.8. The highest BCUT2D eigenvalue weighted by Crippen LogP contribution is 2.32. The van der Waals surface area contributed by atoms with E-state index in [1.807, 2.05) is 17.9 Å². The molecule has 2 aliphatic heterocycles. The third-order valence-corrected chi connectivity index (χ3v) is 5.63. The molecule has 2 saturated heterocycles. The molecule has 6 heteroatoms. The van der Waals surface area contributed by atoms with Gasteiger partial charge in [-0.1, -0.05) is 6.92 Å². The summed E-state index contributed by atoms with van der Waals surface area (Å²) in [6.07, 6.45) is 0. The van der Waals surface area contributed by atoms with Gasteiger partial charge in [-0.3, -0.25) is 9.69 Å². The van der Waals surface area contributed by atoms with E-state index in [1.165, 1.54) is 11.3 Å². The third kappa shape index (κ3) is 3.00. The lowest BCUT2D eigenvalue weighted by atomic mass is 10.0. The highest BCUT2D eigenvalue weighted by atomic mass is 32.1. The van der Waals surface area contributed by atoms with Crippen molar-refractivity contribution in [2.45, 2.75) is 19.9 Å². The second kappa shape index (κ2) is 6.56. The number of nitrogens with zero attached hydrogens (tertiary/aromatic N) is 2. The lowest BCUT2D eigenvalue weighted by molar-refractivity contribution is 0.0119. The van der Waals surface area contributed by atoms with Crippen molar-refractivity contribution < 1.29 is 14.3 Å². The zero-order valence-electron chi connectivity index (χ0n) is 13.5. The minimum absolute atomic E-state index is 0.109. The van der Waals surface area contributed by atoms with Gasteiger partial charge in [0.2, 0.25) is 0 Å². The molecule has 3 rings (SSSR count). The number of aryl methyl sites for hydroxylation is 1. The average molecular weight is 324 g/mol. The molecule has 1 amide bonds. The number of carbonyl (C=O) groups is 1. The first kappa shape index (κ1) is 15.8. The monoisotopic (exact) mass is 324 g/mol. The van der Waals surface area contributed by atoms with E-state index in [-0.39, 0.29) is 5.91 Å². The van der Waals surface area contributed by atoms with Crippen LogP contribution >= 0.6 is 11.3 Å². The van der Waals surface area contributed by atoms with Crippen LogP contribution in [0.5, 0.6) is 5.75 Å². The van der Waals surface area contributed by atoms with Crippen LogP contribution in [0.15, 0.2) is 6.07 Å². The van der Waals surface area contributed by atoms with E-state index in [0.717, 1.165) is 49.1 Å². The molecular formula is C16H24N2O3S. The van der Waals surface area contributed by atoms with Crippen molar-refractivity contribution in [3.63, 3.8) is 0 Å². The number of hydrogen-bond acceptors (Lipinski definition) is 5. The van der Waals surface area contributed by atoms with Crippen molar-refractivity contribution in [3.8, 4) is 5.75 Å². The fourth-order valence-electron chi connectivity index (χ4n) is 3.44. The molecule has 1 aromatic rings. The Morgan fingerprint density at radius 2 is 2.09 bits per heavy atom. The van der Waals surface area contributed by atoms with Crippen LogP contribution in [0.2, 0.25) is 0 Å². The Morgan fingerprint density at radius 1 is 1.36 bits per heavy atom. The molecule has 3 heterocycles. The van der Waals surface area contributed by atoms with Crippen LogP contribution in [0.3, 0.4) is 0 Å². The van der Waals surface area contributed by atoms with E-state index in [9.17, 15) is 4.79 Å². The predicted molar refractivity (Wildman–Crippen MR) is 86.9 cm³/mol. The van der Waals surface area contributed by atoms with Gasteiger partial charge >= 0.3 is 0 Å². The minimum Gasteiger partial charge on any atom is -0.495 e. The topological polar surface area (TPSA) is 42.0 Å². The van der Waals surface area contributed by atoms with Gasteiger partial charge < -0.3 is 14.4 Å². The normalized spacial score (nSPS) is 26.4. The number of ether oxygens (including phenoxy) is 2. The van der Waals surface area contributed by atoms with Crippen molar-refractivity contribution in [1.82, 2.24) is 9.80 Å². The molecule has 0 bridgehead atoms. The lowest BCUT2D eigenvalue weighted by Crippen LogP contribution is -2.47. The summed E-state index contributed by atoms with van der Waals surface area (Å²) in [6.45, 7) is 9.42. The molecule has 2 fully saturated rings. The van der Waals surface area contributed by atoms with E-state index >= 15 is 0 Å². The first-order chi connectivity index (χ1) is 10.6. The minimum atomic E-state index is 0.109. The molecule has 0 saturated carbocycles. The number of carbonyl (C=O) groups excluding carboxylic acids is 1. The first-order valence-corrected chi connectivity index (χ1v) is 8.67. The summed E-state index contributed by atoms with van der Waals surface area (Å²) in [5, 5.41) is 0. The maximum absolute atomic E-state index is 12.8. The zero-order chi connectivity index (χ0) is 15.7. The van der Waals surface area contributed by atoms with Crippen molar-refractivity contribution >= 4 is 17.2 Å². The zero-order valence-corrected chi connectivity index (χ0v) is 14.3. The molecule has 1 aromatic heterocycles. The SMILES string of the molecule is COc1cc(C)sc1C(=O)N1C[C@@H](C)[C@@H](N2CCOCC2)C1. The Labute approximate surface area is 135 Å². The van der Waals surface area contributed by atoms with E-state index < -0.39 is 0 Å². The molecule has 0 aliphatic carbocycles. The molecule has 0 spiro atoms. The number of methoxy groups -OCH3 is 1. The molecule has 2 aliphatic rings. The Hall–Kier alpha value is -1.11. The standard InChI is InChI=1S/C16H24N2O3S/c1-11-9-18(10-13(11)17-4-6-21-7-5-17)16(19)15-14(20-3)8-12(2)22-15/h8,11,13H,4-7,9-10H2,1-3H3/t11-,13+/m1/s1. The Kier molecular flexibility index (Phi) is 4.70. The Balaban J connectivity index is 1.71. The lowest BCUT2D eigenvalue weighted by Gasteiger charge is -2.33. The molecule has 122 valence electrons. The molecule has 0 radical (unpaired) electrons. The molecular weight excluding hydrogens is 300 g/mol. The third-order valence-electron chi connectivity index (χ3n) is 4.61. The summed E-state index contributed by atoms with van der Waals surface area (Å²) in [5.74, 6) is 1.31. The van der Waals surface area contributed by atoms with Gasteiger partial charge in [0.15, 0.2) is 0 Å². The van der Waals surface area contributed by atoms with Crippen LogP contribution < -0.4 is 4.74 Å². The smallest absolute Gasteiger partial charge is 0.267 e. The second-order valence-electron chi connectivity index (χ2n) is 6.16. The van der Waals surface area contributed by atoms with Crippen molar-refractivity contribution in [2.24, 2.45) is 5.92 Å². The summed E-state index contributed by atoms with van der Waals surface area (Å²) in [5.41, 5.74) is 0. The van der Waals surface area contributed by atoms with Gasteiger partial charge in [-0.25, -0.2) is 0 Å². The molecule has 2 atom stereocenters. The quantitative estimate of drug-likeness (QED) is 0.851. The van der Waals surface area contributed by atoms with E-state index in [0.29, 0.717) is 17.7 Å². The largest absolute Gasteiger partial charge is 0.495 e. The van der Waals surface area contributed by atoms with Gasteiger partial charge in [0, 0.05) is 37.1 Å². The van der Waals surface area contributed by atoms with Crippen LogP contribution in [0, 0.1) is 12.8 Å². The van der Waals surface area contributed by atoms with E-state index in [2.05, 4.69) is 11.8 Å². The van der Waals surface area contributed by atoms with Gasteiger partial charge in [-0.15, -0.1) is 11.3 Å². The van der Waals surface area contributed by atoms with Crippen LogP contribution in [0.1, 0.15) is 21.5 Å². The maximum atomic E-state index is 12.8. The Morgan fingerprint density at radius 3 is 2.77 bits per heavy atom. The van der Waals surface area contributed by atoms with Crippen LogP contribution in [-0.2, 0) is 4.74 Å². The van der Waals surface area contributed by atoms with Gasteiger partial charge in [-0.2, -0.15) is 0 Å². The second-order valence-corrected chi connectivity index (χ2v) is 7.41. The number of amides is 1. The summed E-state index contributed by atoms with van der Waals surface area (Å²) >= 11 is 1.52. The molecule has 5 nitrogen and oxygen atoms in total. The van der Waals surface area contributed by atoms with E-state index in [1.54, 1.807) is 7.11 Å². The fraction of sp³-hybridized carbons (Fsp3) is 0.688. The van der Waals surface area contributed by atoms with Crippen molar-refractivity contribution in [3.05, 3.63) is 15.8 Å². The number of rotatable bonds is 3. The van der Waals surface area contributed by atoms with Gasteiger partial charge in [0.1, 0.15) is 10.6 Å². The number of morpholine rings is 1. The summed E-state index contributed by atoms with van der Waals surface area (Å²) in [7, 11) is 1.63. The molecule has 0 unspecified atom stereocenters. The number of hydrogen-bond donors (Lipinski definition) is 0.